The second kappa shape index (κ2) is 6.53. The summed E-state index contributed by atoms with van der Waals surface area (Å²) in [6.45, 7) is 4.58. The maximum absolute atomic E-state index is 14.6. The van der Waals surface area contributed by atoms with Crippen molar-refractivity contribution in [2.45, 2.75) is 44.7 Å². The van der Waals surface area contributed by atoms with Crippen LogP contribution in [0.2, 0.25) is 5.15 Å². The number of nitrogens with two attached hydrogens (primary N) is 1. The van der Waals surface area contributed by atoms with Gasteiger partial charge in [-0.1, -0.05) is 11.6 Å². The average Bonchev–Trinajstić information content (AvgIpc) is 2.96. The maximum atomic E-state index is 14.6. The summed E-state index contributed by atoms with van der Waals surface area (Å²) in [5.74, 6) is 0.683. The zero-order chi connectivity index (χ0) is 17.6. The van der Waals surface area contributed by atoms with E-state index in [1.165, 1.54) is 6.42 Å². The van der Waals surface area contributed by atoms with E-state index in [0.717, 1.165) is 38.2 Å². The van der Waals surface area contributed by atoms with E-state index in [-0.39, 0.29) is 22.8 Å². The van der Waals surface area contributed by atoms with Gasteiger partial charge in [-0.15, -0.1) is 0 Å². The number of aromatic nitrogens is 3. The Balaban J connectivity index is 1.87. The molecular formula is C17H22ClFN6. The molecular weight excluding hydrogens is 343 g/mol. The van der Waals surface area contributed by atoms with Crippen molar-refractivity contribution in [1.82, 2.24) is 15.0 Å². The van der Waals surface area contributed by atoms with Gasteiger partial charge in [0, 0.05) is 37.9 Å². The van der Waals surface area contributed by atoms with Gasteiger partial charge in [-0.25, -0.2) is 14.4 Å². The summed E-state index contributed by atoms with van der Waals surface area (Å²) in [7, 11) is 0. The number of nitrogens with zero attached hydrogens (tertiary/aromatic N) is 5. The van der Waals surface area contributed by atoms with Crippen LogP contribution in [-0.4, -0.2) is 46.7 Å². The van der Waals surface area contributed by atoms with Crippen molar-refractivity contribution in [2.24, 2.45) is 5.73 Å². The molecule has 2 aromatic rings. The SMILES string of the molecule is CC1CC(N)CN1c1nc(N2CCCCC2)c2cnc(Cl)c(F)c2n1. The van der Waals surface area contributed by atoms with Gasteiger partial charge in [0.2, 0.25) is 5.95 Å². The van der Waals surface area contributed by atoms with Crippen molar-refractivity contribution in [1.29, 1.82) is 0 Å². The minimum Gasteiger partial charge on any atom is -0.356 e. The number of rotatable bonds is 2. The van der Waals surface area contributed by atoms with Crippen LogP contribution in [0.25, 0.3) is 10.9 Å². The van der Waals surface area contributed by atoms with E-state index in [1.807, 2.05) is 0 Å². The standard InChI is InChI=1S/C17H22ClFN6/c1-10-7-11(20)9-25(10)17-22-14-12(8-21-15(18)13(14)19)16(23-17)24-5-3-2-4-6-24/h8,10-11H,2-7,9,20H2,1H3. The van der Waals surface area contributed by atoms with Crippen LogP contribution in [0, 0.1) is 5.82 Å². The minimum atomic E-state index is -0.586. The molecule has 2 saturated heterocycles. The second-order valence-electron chi connectivity index (χ2n) is 7.02. The van der Waals surface area contributed by atoms with Crippen molar-refractivity contribution in [3.05, 3.63) is 17.2 Å². The Hall–Kier alpha value is -1.73. The first-order chi connectivity index (χ1) is 12.0. The number of pyridine rings is 1. The van der Waals surface area contributed by atoms with Gasteiger partial charge in [0.1, 0.15) is 11.3 Å². The molecule has 2 aliphatic rings. The van der Waals surface area contributed by atoms with Gasteiger partial charge < -0.3 is 15.5 Å². The van der Waals surface area contributed by atoms with Gasteiger partial charge in [-0.05, 0) is 32.6 Å². The summed E-state index contributed by atoms with van der Waals surface area (Å²) in [4.78, 5) is 17.5. The highest BCUT2D eigenvalue weighted by molar-refractivity contribution is 6.30. The quantitative estimate of drug-likeness (QED) is 0.826. The van der Waals surface area contributed by atoms with Crippen LogP contribution in [-0.2, 0) is 0 Å². The van der Waals surface area contributed by atoms with E-state index in [1.54, 1.807) is 6.20 Å². The molecule has 4 rings (SSSR count). The van der Waals surface area contributed by atoms with Crippen LogP contribution in [0.5, 0.6) is 0 Å². The highest BCUT2D eigenvalue weighted by Crippen LogP contribution is 2.33. The molecule has 0 bridgehead atoms. The van der Waals surface area contributed by atoms with Crippen LogP contribution in [0.4, 0.5) is 16.2 Å². The molecule has 0 aromatic carbocycles. The lowest BCUT2D eigenvalue weighted by Crippen LogP contribution is -2.33. The first kappa shape index (κ1) is 16.7. The van der Waals surface area contributed by atoms with Gasteiger partial charge in [-0.2, -0.15) is 4.98 Å². The summed E-state index contributed by atoms with van der Waals surface area (Å²) in [6.07, 6.45) is 5.88. The normalized spacial score (nSPS) is 24.3. The fourth-order valence-electron chi connectivity index (χ4n) is 3.83. The fraction of sp³-hybridized carbons (Fsp3) is 0.588. The van der Waals surface area contributed by atoms with E-state index < -0.39 is 5.82 Å². The third-order valence-electron chi connectivity index (χ3n) is 5.13. The Bertz CT molecular complexity index is 794. The van der Waals surface area contributed by atoms with Crippen LogP contribution in [0.15, 0.2) is 6.20 Å². The summed E-state index contributed by atoms with van der Waals surface area (Å²) < 4.78 is 14.6. The molecule has 0 spiro atoms. The number of fused-ring (bicyclic) bond motifs is 1. The zero-order valence-corrected chi connectivity index (χ0v) is 15.0. The van der Waals surface area contributed by atoms with E-state index in [4.69, 9.17) is 22.3 Å². The van der Waals surface area contributed by atoms with Gasteiger partial charge >= 0.3 is 0 Å². The van der Waals surface area contributed by atoms with Crippen molar-refractivity contribution in [2.75, 3.05) is 29.4 Å². The predicted molar refractivity (Wildman–Crippen MR) is 97.8 cm³/mol. The lowest BCUT2D eigenvalue weighted by molar-refractivity contribution is 0.573. The molecule has 8 heteroatoms. The minimum absolute atomic E-state index is 0.0820. The molecule has 2 N–H and O–H groups in total. The van der Waals surface area contributed by atoms with Gasteiger partial charge in [0.25, 0.3) is 0 Å². The zero-order valence-electron chi connectivity index (χ0n) is 14.3. The second-order valence-corrected chi connectivity index (χ2v) is 7.38. The average molecular weight is 365 g/mol. The Morgan fingerprint density at radius 1 is 1.24 bits per heavy atom. The third kappa shape index (κ3) is 3.00. The summed E-state index contributed by atoms with van der Waals surface area (Å²) in [5, 5.41) is 0.455. The van der Waals surface area contributed by atoms with Crippen molar-refractivity contribution in [3.8, 4) is 0 Å². The van der Waals surface area contributed by atoms with Crippen LogP contribution in [0.1, 0.15) is 32.6 Å². The summed E-state index contributed by atoms with van der Waals surface area (Å²) in [6, 6.07) is 0.306. The van der Waals surface area contributed by atoms with Gasteiger partial charge in [0.05, 0.1) is 5.39 Å². The monoisotopic (exact) mass is 364 g/mol. The molecule has 134 valence electrons. The highest BCUT2D eigenvalue weighted by Gasteiger charge is 2.30. The van der Waals surface area contributed by atoms with Crippen LogP contribution < -0.4 is 15.5 Å². The molecule has 2 aliphatic heterocycles. The van der Waals surface area contributed by atoms with Gasteiger partial charge in [-0.3, -0.25) is 0 Å². The molecule has 0 saturated carbocycles. The predicted octanol–water partition coefficient (Wildman–Crippen LogP) is 2.73. The lowest BCUT2D eigenvalue weighted by atomic mass is 10.1. The number of hydrogen-bond acceptors (Lipinski definition) is 6. The maximum Gasteiger partial charge on any atom is 0.228 e. The Morgan fingerprint density at radius 2 is 2.00 bits per heavy atom. The smallest absolute Gasteiger partial charge is 0.228 e. The molecule has 0 radical (unpaired) electrons. The third-order valence-corrected chi connectivity index (χ3v) is 5.39. The molecule has 2 fully saturated rings. The topological polar surface area (TPSA) is 71.2 Å². The molecule has 4 heterocycles. The number of anilines is 2. The van der Waals surface area contributed by atoms with E-state index in [9.17, 15) is 4.39 Å². The fourth-order valence-corrected chi connectivity index (χ4v) is 3.97. The Labute approximate surface area is 151 Å². The first-order valence-electron chi connectivity index (χ1n) is 8.83. The first-order valence-corrected chi connectivity index (χ1v) is 9.21. The van der Waals surface area contributed by atoms with Crippen LogP contribution in [0.3, 0.4) is 0 Å². The molecule has 25 heavy (non-hydrogen) atoms. The number of hydrogen-bond donors (Lipinski definition) is 1. The molecule has 0 aliphatic carbocycles. The molecule has 0 amide bonds. The van der Waals surface area contributed by atoms with Crippen molar-refractivity contribution < 1.29 is 4.39 Å². The Morgan fingerprint density at radius 3 is 2.68 bits per heavy atom. The molecule has 2 atom stereocenters. The number of piperidine rings is 1. The van der Waals surface area contributed by atoms with Crippen molar-refractivity contribution in [3.63, 3.8) is 0 Å². The molecule has 6 nitrogen and oxygen atoms in total. The lowest BCUT2D eigenvalue weighted by Gasteiger charge is -2.30. The largest absolute Gasteiger partial charge is 0.356 e. The highest BCUT2D eigenvalue weighted by atomic mass is 35.5. The molecule has 2 aromatic heterocycles. The van der Waals surface area contributed by atoms with Crippen LogP contribution >= 0.6 is 11.6 Å². The summed E-state index contributed by atoms with van der Waals surface area (Å²) in [5.41, 5.74) is 6.32. The van der Waals surface area contributed by atoms with E-state index in [0.29, 0.717) is 17.9 Å². The van der Waals surface area contributed by atoms with E-state index >= 15 is 0 Å². The van der Waals surface area contributed by atoms with E-state index in [2.05, 4.69) is 26.7 Å². The van der Waals surface area contributed by atoms with Gasteiger partial charge in [0.15, 0.2) is 11.0 Å². The van der Waals surface area contributed by atoms with Crippen molar-refractivity contribution >= 4 is 34.3 Å². The summed E-state index contributed by atoms with van der Waals surface area (Å²) >= 11 is 5.90. The molecule has 2 unspecified atom stereocenters. The number of halogens is 2. The Kier molecular flexibility index (Phi) is 4.37.